The number of aliphatic hydroxyl groups is 1. The second kappa shape index (κ2) is 4.02. The van der Waals surface area contributed by atoms with Gasteiger partial charge in [-0.05, 0) is 5.56 Å². The maximum atomic E-state index is 10.7. The van der Waals surface area contributed by atoms with Gasteiger partial charge in [-0.25, -0.2) is 0 Å². The second-order valence-electron chi connectivity index (χ2n) is 2.78. The Morgan fingerprint density at radius 2 is 1.85 bits per heavy atom. The monoisotopic (exact) mass is 180 g/mol. The van der Waals surface area contributed by atoms with Crippen molar-refractivity contribution in [2.45, 2.75) is 12.1 Å². The molecule has 0 radical (unpaired) electrons. The first kappa shape index (κ1) is 9.70. The molecule has 0 spiro atoms. The highest BCUT2D eigenvalue weighted by atomic mass is 16.3. The standard InChI is InChI=1S/C9H12N2O2/c10-7(9(11)13)8(12)6-4-2-1-3-5-6/h1-5,7-8,12H,10H2,(H2,11,13)/t7-,8?/m0/s1. The Labute approximate surface area is 76.2 Å². The number of carbonyl (C=O) groups excluding carboxylic acids is 1. The minimum atomic E-state index is -1.05. The molecule has 1 unspecified atom stereocenters. The van der Waals surface area contributed by atoms with Crippen molar-refractivity contribution in [1.29, 1.82) is 0 Å². The van der Waals surface area contributed by atoms with Gasteiger partial charge in [-0.2, -0.15) is 0 Å². The molecule has 0 saturated heterocycles. The largest absolute Gasteiger partial charge is 0.386 e. The second-order valence-corrected chi connectivity index (χ2v) is 2.78. The predicted octanol–water partition coefficient (Wildman–Crippen LogP) is -0.467. The average Bonchev–Trinajstić information content (AvgIpc) is 2.17. The predicted molar refractivity (Wildman–Crippen MR) is 48.6 cm³/mol. The highest BCUT2D eigenvalue weighted by Gasteiger charge is 2.21. The zero-order valence-corrected chi connectivity index (χ0v) is 7.05. The zero-order valence-electron chi connectivity index (χ0n) is 7.05. The minimum Gasteiger partial charge on any atom is -0.386 e. The number of carbonyl (C=O) groups is 1. The van der Waals surface area contributed by atoms with Crippen LogP contribution >= 0.6 is 0 Å². The van der Waals surface area contributed by atoms with Crippen LogP contribution in [0.4, 0.5) is 0 Å². The van der Waals surface area contributed by atoms with E-state index in [1.807, 2.05) is 6.07 Å². The number of primary amides is 1. The van der Waals surface area contributed by atoms with E-state index in [2.05, 4.69) is 0 Å². The van der Waals surface area contributed by atoms with E-state index >= 15 is 0 Å². The van der Waals surface area contributed by atoms with E-state index in [-0.39, 0.29) is 0 Å². The van der Waals surface area contributed by atoms with Gasteiger partial charge in [0.05, 0.1) is 0 Å². The number of amides is 1. The molecule has 1 rings (SSSR count). The molecule has 0 fully saturated rings. The molecule has 0 aliphatic heterocycles. The van der Waals surface area contributed by atoms with Gasteiger partial charge >= 0.3 is 0 Å². The Bertz CT molecular complexity index is 287. The fourth-order valence-electron chi connectivity index (χ4n) is 1.01. The smallest absolute Gasteiger partial charge is 0.237 e. The SMILES string of the molecule is NC(=O)[C@@H](N)C(O)c1ccccc1. The van der Waals surface area contributed by atoms with E-state index in [0.29, 0.717) is 5.56 Å². The molecule has 2 atom stereocenters. The first-order chi connectivity index (χ1) is 6.13. The molecule has 4 nitrogen and oxygen atoms in total. The van der Waals surface area contributed by atoms with Crippen LogP contribution in [0.1, 0.15) is 11.7 Å². The molecular formula is C9H12N2O2. The lowest BCUT2D eigenvalue weighted by atomic mass is 10.0. The Morgan fingerprint density at radius 3 is 2.31 bits per heavy atom. The third-order valence-electron chi connectivity index (χ3n) is 1.81. The van der Waals surface area contributed by atoms with Crippen molar-refractivity contribution >= 4 is 5.91 Å². The van der Waals surface area contributed by atoms with Gasteiger partial charge in [0.25, 0.3) is 0 Å². The quantitative estimate of drug-likeness (QED) is 0.587. The number of benzene rings is 1. The Hall–Kier alpha value is -1.39. The van der Waals surface area contributed by atoms with Crippen molar-refractivity contribution in [3.63, 3.8) is 0 Å². The van der Waals surface area contributed by atoms with Crippen molar-refractivity contribution in [1.82, 2.24) is 0 Å². The van der Waals surface area contributed by atoms with Crippen LogP contribution in [-0.4, -0.2) is 17.1 Å². The Balaban J connectivity index is 2.79. The summed E-state index contributed by atoms with van der Waals surface area (Å²) in [5.74, 6) is -0.712. The summed E-state index contributed by atoms with van der Waals surface area (Å²) in [6, 6.07) is 7.65. The Kier molecular flexibility index (Phi) is 3.00. The van der Waals surface area contributed by atoms with Gasteiger partial charge in [0, 0.05) is 0 Å². The molecule has 0 aliphatic carbocycles. The summed E-state index contributed by atoms with van der Waals surface area (Å²) in [6.07, 6.45) is -1.03. The molecule has 0 saturated carbocycles. The first-order valence-electron chi connectivity index (χ1n) is 3.91. The number of aliphatic hydroxyl groups excluding tert-OH is 1. The van der Waals surface area contributed by atoms with E-state index in [1.165, 1.54) is 0 Å². The molecule has 70 valence electrons. The van der Waals surface area contributed by atoms with E-state index in [1.54, 1.807) is 24.3 Å². The molecule has 0 bridgehead atoms. The molecular weight excluding hydrogens is 168 g/mol. The average molecular weight is 180 g/mol. The first-order valence-corrected chi connectivity index (χ1v) is 3.91. The Morgan fingerprint density at radius 1 is 1.31 bits per heavy atom. The summed E-state index contributed by atoms with van der Waals surface area (Å²) in [7, 11) is 0. The van der Waals surface area contributed by atoms with Gasteiger partial charge in [0.2, 0.25) is 5.91 Å². The van der Waals surface area contributed by atoms with Crippen molar-refractivity contribution < 1.29 is 9.90 Å². The summed E-state index contributed by atoms with van der Waals surface area (Å²) in [5, 5.41) is 9.53. The summed E-state index contributed by atoms with van der Waals surface area (Å²) in [6.45, 7) is 0. The lowest BCUT2D eigenvalue weighted by Gasteiger charge is -2.15. The van der Waals surface area contributed by atoms with Gasteiger partial charge in [0.15, 0.2) is 0 Å². The van der Waals surface area contributed by atoms with Gasteiger partial charge in [-0.15, -0.1) is 0 Å². The normalized spacial score (nSPS) is 14.9. The van der Waals surface area contributed by atoms with Crippen LogP contribution in [0.5, 0.6) is 0 Å². The van der Waals surface area contributed by atoms with Crippen LogP contribution in [0, 0.1) is 0 Å². The summed E-state index contributed by atoms with van der Waals surface area (Å²) >= 11 is 0. The van der Waals surface area contributed by atoms with Gasteiger partial charge in [0.1, 0.15) is 12.1 Å². The van der Waals surface area contributed by atoms with Crippen LogP contribution in [0.25, 0.3) is 0 Å². The number of nitrogens with two attached hydrogens (primary N) is 2. The summed E-state index contributed by atoms with van der Waals surface area (Å²) in [5.41, 5.74) is 10.9. The molecule has 0 heterocycles. The summed E-state index contributed by atoms with van der Waals surface area (Å²) in [4.78, 5) is 10.7. The topological polar surface area (TPSA) is 89.3 Å². The molecule has 1 amide bonds. The van der Waals surface area contributed by atoms with Gasteiger partial charge in [-0.3, -0.25) is 4.79 Å². The van der Waals surface area contributed by atoms with Crippen molar-refractivity contribution in [2.75, 3.05) is 0 Å². The molecule has 5 N–H and O–H groups in total. The maximum Gasteiger partial charge on any atom is 0.237 e. The lowest BCUT2D eigenvalue weighted by molar-refractivity contribution is -0.121. The fourth-order valence-corrected chi connectivity index (χ4v) is 1.01. The highest BCUT2D eigenvalue weighted by molar-refractivity contribution is 5.80. The van der Waals surface area contributed by atoms with Crippen molar-refractivity contribution in [3.8, 4) is 0 Å². The van der Waals surface area contributed by atoms with Crippen LogP contribution < -0.4 is 11.5 Å². The van der Waals surface area contributed by atoms with E-state index < -0.39 is 18.1 Å². The number of hydrogen-bond donors (Lipinski definition) is 3. The van der Waals surface area contributed by atoms with E-state index in [0.717, 1.165) is 0 Å². The molecule has 13 heavy (non-hydrogen) atoms. The number of rotatable bonds is 3. The summed E-state index contributed by atoms with van der Waals surface area (Å²) < 4.78 is 0. The van der Waals surface area contributed by atoms with Gasteiger partial charge < -0.3 is 16.6 Å². The number of hydrogen-bond acceptors (Lipinski definition) is 3. The van der Waals surface area contributed by atoms with E-state index in [9.17, 15) is 9.90 Å². The van der Waals surface area contributed by atoms with Crippen LogP contribution in [-0.2, 0) is 4.79 Å². The minimum absolute atomic E-state index is 0.591. The zero-order chi connectivity index (χ0) is 9.84. The molecule has 1 aromatic rings. The molecule has 1 aromatic carbocycles. The molecule has 4 heteroatoms. The highest BCUT2D eigenvalue weighted by Crippen LogP contribution is 2.14. The molecule has 0 aromatic heterocycles. The van der Waals surface area contributed by atoms with Crippen LogP contribution in [0.2, 0.25) is 0 Å². The lowest BCUT2D eigenvalue weighted by Crippen LogP contribution is -2.41. The van der Waals surface area contributed by atoms with Crippen molar-refractivity contribution in [3.05, 3.63) is 35.9 Å². The van der Waals surface area contributed by atoms with Gasteiger partial charge in [-0.1, -0.05) is 30.3 Å². The third kappa shape index (κ3) is 2.27. The third-order valence-corrected chi connectivity index (χ3v) is 1.81. The maximum absolute atomic E-state index is 10.7. The van der Waals surface area contributed by atoms with Crippen LogP contribution in [0.3, 0.4) is 0 Å². The van der Waals surface area contributed by atoms with Crippen molar-refractivity contribution in [2.24, 2.45) is 11.5 Å². The fraction of sp³-hybridized carbons (Fsp3) is 0.222. The van der Waals surface area contributed by atoms with Crippen LogP contribution in [0.15, 0.2) is 30.3 Å². The van der Waals surface area contributed by atoms with E-state index in [4.69, 9.17) is 11.5 Å². The molecule has 0 aliphatic rings.